The Morgan fingerprint density at radius 3 is 2.72 bits per heavy atom. The van der Waals surface area contributed by atoms with E-state index in [0.29, 0.717) is 16.1 Å². The Bertz CT molecular complexity index is 862. The first-order chi connectivity index (χ1) is 12.0. The second kappa shape index (κ2) is 7.62. The van der Waals surface area contributed by atoms with Crippen molar-refractivity contribution in [2.45, 2.75) is 24.3 Å². The Morgan fingerprint density at radius 1 is 1.24 bits per heavy atom. The topological polar surface area (TPSA) is 93.8 Å². The zero-order valence-corrected chi connectivity index (χ0v) is 15.4. The van der Waals surface area contributed by atoms with E-state index < -0.39 is 0 Å². The monoisotopic (exact) mass is 371 g/mol. The maximum atomic E-state index is 12.4. The molecule has 3 aromatic rings. The van der Waals surface area contributed by atoms with Crippen LogP contribution in [0.5, 0.6) is 0 Å². The number of nitrogen functional groups attached to an aromatic ring is 1. The molecule has 128 valence electrons. The minimum absolute atomic E-state index is 0.150. The van der Waals surface area contributed by atoms with Crippen LogP contribution in [-0.4, -0.2) is 26.1 Å². The minimum Gasteiger partial charge on any atom is -0.384 e. The number of amides is 1. The largest absolute Gasteiger partial charge is 0.384 e. The van der Waals surface area contributed by atoms with Crippen LogP contribution in [0.25, 0.3) is 11.3 Å². The number of benzene rings is 1. The number of anilines is 2. The Hall–Kier alpha value is -2.45. The van der Waals surface area contributed by atoms with Gasteiger partial charge in [-0.05, 0) is 13.8 Å². The van der Waals surface area contributed by atoms with E-state index in [1.807, 2.05) is 42.6 Å². The van der Waals surface area contributed by atoms with Crippen molar-refractivity contribution in [3.05, 3.63) is 47.5 Å². The van der Waals surface area contributed by atoms with E-state index in [1.54, 1.807) is 13.0 Å². The molecule has 3 rings (SSSR count). The highest BCUT2D eigenvalue weighted by molar-refractivity contribution is 8.00. The number of carbonyl (C=O) groups is 1. The highest BCUT2D eigenvalue weighted by atomic mass is 32.2. The number of nitrogens with zero attached hydrogens (tertiary/aromatic N) is 3. The maximum absolute atomic E-state index is 12.4. The molecule has 0 radical (unpaired) electrons. The molecule has 0 saturated carbocycles. The summed E-state index contributed by atoms with van der Waals surface area (Å²) in [7, 11) is 0. The summed E-state index contributed by atoms with van der Waals surface area (Å²) in [6.45, 7) is 3.64. The van der Waals surface area contributed by atoms with Gasteiger partial charge in [-0.3, -0.25) is 4.79 Å². The van der Waals surface area contributed by atoms with Gasteiger partial charge in [0.1, 0.15) is 5.82 Å². The number of aryl methyl sites for hydroxylation is 1. The normalized spacial score (nSPS) is 11.9. The third kappa shape index (κ3) is 4.55. The lowest BCUT2D eigenvalue weighted by Gasteiger charge is -2.10. The lowest BCUT2D eigenvalue weighted by molar-refractivity contribution is -0.115. The molecular formula is C17H17N5OS2. The molecule has 6 nitrogen and oxygen atoms in total. The van der Waals surface area contributed by atoms with Gasteiger partial charge < -0.3 is 11.1 Å². The number of nitrogens with one attached hydrogen (secondary N) is 1. The fourth-order valence-corrected chi connectivity index (χ4v) is 3.67. The molecule has 0 aliphatic rings. The van der Waals surface area contributed by atoms with Gasteiger partial charge in [0.25, 0.3) is 0 Å². The van der Waals surface area contributed by atoms with Crippen molar-refractivity contribution >= 4 is 40.0 Å². The van der Waals surface area contributed by atoms with Crippen molar-refractivity contribution in [1.82, 2.24) is 15.0 Å². The van der Waals surface area contributed by atoms with Crippen molar-refractivity contribution in [2.24, 2.45) is 0 Å². The summed E-state index contributed by atoms with van der Waals surface area (Å²) in [6, 6.07) is 11.5. The van der Waals surface area contributed by atoms with Gasteiger partial charge in [-0.25, -0.2) is 15.0 Å². The molecule has 0 unspecified atom stereocenters. The van der Waals surface area contributed by atoms with E-state index in [1.165, 1.54) is 23.1 Å². The smallest absolute Gasteiger partial charge is 0.239 e. The van der Waals surface area contributed by atoms with E-state index in [9.17, 15) is 4.79 Å². The molecule has 0 aliphatic carbocycles. The highest BCUT2D eigenvalue weighted by Crippen LogP contribution is 2.26. The predicted molar refractivity (Wildman–Crippen MR) is 103 cm³/mol. The van der Waals surface area contributed by atoms with Gasteiger partial charge in [-0.15, -0.1) is 11.3 Å². The zero-order chi connectivity index (χ0) is 17.8. The fourth-order valence-electron chi connectivity index (χ4n) is 2.11. The number of nitrogens with two attached hydrogens (primary N) is 1. The third-order valence-electron chi connectivity index (χ3n) is 3.31. The second-order valence-corrected chi connectivity index (χ2v) is 7.54. The lowest BCUT2D eigenvalue weighted by Crippen LogP contribution is -2.22. The molecule has 2 heterocycles. The first-order valence-corrected chi connectivity index (χ1v) is 9.37. The maximum Gasteiger partial charge on any atom is 0.239 e. The van der Waals surface area contributed by atoms with Crippen molar-refractivity contribution in [3.8, 4) is 11.3 Å². The predicted octanol–water partition coefficient (Wildman–Crippen LogP) is 3.61. The number of hydrogen-bond donors (Lipinski definition) is 2. The number of rotatable bonds is 5. The number of thioether (sulfide) groups is 1. The van der Waals surface area contributed by atoms with E-state index in [0.717, 1.165) is 17.0 Å². The molecule has 0 bridgehead atoms. The van der Waals surface area contributed by atoms with Crippen LogP contribution in [0.1, 0.15) is 12.6 Å². The highest BCUT2D eigenvalue weighted by Gasteiger charge is 2.18. The first kappa shape index (κ1) is 17.4. The average Bonchev–Trinajstić information content (AvgIpc) is 3.03. The summed E-state index contributed by atoms with van der Waals surface area (Å²) in [5.74, 6) is 0.248. The van der Waals surface area contributed by atoms with E-state index in [2.05, 4.69) is 20.3 Å². The van der Waals surface area contributed by atoms with Crippen LogP contribution < -0.4 is 11.1 Å². The number of thiazole rings is 1. The summed E-state index contributed by atoms with van der Waals surface area (Å²) >= 11 is 2.66. The van der Waals surface area contributed by atoms with Gasteiger partial charge in [0.15, 0.2) is 10.3 Å². The Morgan fingerprint density at radius 2 is 2.00 bits per heavy atom. The molecule has 8 heteroatoms. The van der Waals surface area contributed by atoms with Crippen LogP contribution in [0.15, 0.2) is 46.9 Å². The molecule has 2 aromatic heterocycles. The summed E-state index contributed by atoms with van der Waals surface area (Å²) < 4.78 is 0. The molecule has 1 aromatic carbocycles. The summed E-state index contributed by atoms with van der Waals surface area (Å²) in [5, 5.41) is 5.46. The van der Waals surface area contributed by atoms with Crippen LogP contribution in [0.3, 0.4) is 0 Å². The summed E-state index contributed by atoms with van der Waals surface area (Å²) in [4.78, 5) is 25.3. The molecule has 3 N–H and O–H groups in total. The van der Waals surface area contributed by atoms with Gasteiger partial charge in [0.2, 0.25) is 5.91 Å². The molecule has 0 fully saturated rings. The van der Waals surface area contributed by atoms with Crippen LogP contribution in [0, 0.1) is 6.92 Å². The molecule has 0 saturated heterocycles. The van der Waals surface area contributed by atoms with Crippen LogP contribution in [-0.2, 0) is 4.79 Å². The van der Waals surface area contributed by atoms with Crippen molar-refractivity contribution in [3.63, 3.8) is 0 Å². The Balaban J connectivity index is 1.64. The SMILES string of the molecule is Cc1cc(N)nc(S[C@H](C)C(=O)Nc2nc(-c3ccccc3)cs2)n1. The molecule has 1 amide bonds. The standard InChI is InChI=1S/C17H17N5OS2/c1-10-8-14(18)21-17(19-10)25-11(2)15(23)22-16-20-13(9-24-16)12-6-4-3-5-7-12/h3-9,11H,1-2H3,(H2,18,19,21)(H,20,22,23)/t11-/m1/s1. The minimum atomic E-state index is -0.370. The average molecular weight is 371 g/mol. The van der Waals surface area contributed by atoms with Crippen molar-refractivity contribution in [1.29, 1.82) is 0 Å². The van der Waals surface area contributed by atoms with E-state index in [-0.39, 0.29) is 11.2 Å². The van der Waals surface area contributed by atoms with Crippen LogP contribution in [0.4, 0.5) is 10.9 Å². The summed E-state index contributed by atoms with van der Waals surface area (Å²) in [6.07, 6.45) is 0. The molecular weight excluding hydrogens is 354 g/mol. The third-order valence-corrected chi connectivity index (χ3v) is 5.03. The van der Waals surface area contributed by atoms with Gasteiger partial charge in [-0.1, -0.05) is 42.1 Å². The van der Waals surface area contributed by atoms with Crippen molar-refractivity contribution < 1.29 is 4.79 Å². The van der Waals surface area contributed by atoms with Crippen molar-refractivity contribution in [2.75, 3.05) is 11.1 Å². The quantitative estimate of drug-likeness (QED) is 0.526. The van der Waals surface area contributed by atoms with E-state index in [4.69, 9.17) is 5.73 Å². The number of hydrogen-bond acceptors (Lipinski definition) is 7. The van der Waals surface area contributed by atoms with E-state index >= 15 is 0 Å². The molecule has 0 spiro atoms. The Labute approximate surface area is 153 Å². The van der Waals surface area contributed by atoms with Crippen LogP contribution >= 0.6 is 23.1 Å². The second-order valence-electron chi connectivity index (χ2n) is 5.37. The van der Waals surface area contributed by atoms with Gasteiger partial charge in [0, 0.05) is 22.7 Å². The Kier molecular flexibility index (Phi) is 5.30. The summed E-state index contributed by atoms with van der Waals surface area (Å²) in [5.41, 5.74) is 8.36. The fraction of sp³-hybridized carbons (Fsp3) is 0.176. The molecule has 25 heavy (non-hydrogen) atoms. The number of aromatic nitrogens is 3. The van der Waals surface area contributed by atoms with Gasteiger partial charge in [-0.2, -0.15) is 0 Å². The molecule has 0 aliphatic heterocycles. The number of carbonyl (C=O) groups excluding carboxylic acids is 1. The first-order valence-electron chi connectivity index (χ1n) is 7.61. The lowest BCUT2D eigenvalue weighted by atomic mass is 10.2. The van der Waals surface area contributed by atoms with Gasteiger partial charge >= 0.3 is 0 Å². The molecule has 1 atom stereocenters. The zero-order valence-electron chi connectivity index (χ0n) is 13.8. The van der Waals surface area contributed by atoms with Gasteiger partial charge in [0.05, 0.1) is 10.9 Å². The van der Waals surface area contributed by atoms with Crippen LogP contribution in [0.2, 0.25) is 0 Å².